The molecule has 1 heterocycles. The zero-order valence-electron chi connectivity index (χ0n) is 14.1. The number of rotatable bonds is 4. The second-order valence-corrected chi connectivity index (χ2v) is 6.19. The Hall–Kier alpha value is -2.79. The van der Waals surface area contributed by atoms with Crippen molar-refractivity contribution < 1.29 is 4.79 Å². The molecule has 1 aromatic heterocycles. The highest BCUT2D eigenvalue weighted by Gasteiger charge is 2.09. The molecule has 0 saturated carbocycles. The first-order valence-corrected chi connectivity index (χ1v) is 8.31. The topological polar surface area (TPSA) is 59.0 Å². The number of para-hydroxylation sites is 1. The maximum Gasteiger partial charge on any atom is 0.323 e. The van der Waals surface area contributed by atoms with Crippen molar-refractivity contribution in [1.82, 2.24) is 9.55 Å². The third-order valence-corrected chi connectivity index (χ3v) is 4.28. The number of hydrogen-bond acceptors (Lipinski definition) is 2. The number of nitrogens with one attached hydrogen (secondary N) is 2. The number of halogens is 1. The molecule has 6 heteroatoms. The van der Waals surface area contributed by atoms with E-state index in [1.54, 1.807) is 6.07 Å². The third kappa shape index (κ3) is 4.19. The SMILES string of the molecule is Cc1cnc(C)n1Cc1ccc(NC(=O)Nc2ccccc2)cc1Cl. The quantitative estimate of drug-likeness (QED) is 0.703. The summed E-state index contributed by atoms with van der Waals surface area (Å²) < 4.78 is 2.09. The number of nitrogens with zero attached hydrogens (tertiary/aromatic N) is 2. The van der Waals surface area contributed by atoms with E-state index in [1.165, 1.54) is 0 Å². The molecule has 2 aromatic carbocycles. The fourth-order valence-electron chi connectivity index (χ4n) is 2.56. The number of imidazole rings is 1. The lowest BCUT2D eigenvalue weighted by Gasteiger charge is -2.12. The number of aryl methyl sites for hydroxylation is 2. The average Bonchev–Trinajstić information content (AvgIpc) is 2.90. The lowest BCUT2D eigenvalue weighted by Crippen LogP contribution is -2.19. The first kappa shape index (κ1) is 17.0. The van der Waals surface area contributed by atoms with Crippen LogP contribution >= 0.6 is 11.6 Å². The van der Waals surface area contributed by atoms with Crippen LogP contribution in [-0.2, 0) is 6.54 Å². The van der Waals surface area contributed by atoms with E-state index < -0.39 is 0 Å². The second-order valence-electron chi connectivity index (χ2n) is 5.78. The predicted octanol–water partition coefficient (Wildman–Crippen LogP) is 4.85. The van der Waals surface area contributed by atoms with Gasteiger partial charge in [-0.1, -0.05) is 35.9 Å². The highest BCUT2D eigenvalue weighted by molar-refractivity contribution is 6.31. The van der Waals surface area contributed by atoms with Gasteiger partial charge in [0.1, 0.15) is 5.82 Å². The molecule has 25 heavy (non-hydrogen) atoms. The Morgan fingerprint density at radius 1 is 1.08 bits per heavy atom. The van der Waals surface area contributed by atoms with Crippen LogP contribution in [0.15, 0.2) is 54.7 Å². The van der Waals surface area contributed by atoms with Crippen molar-refractivity contribution in [2.24, 2.45) is 0 Å². The second kappa shape index (κ2) is 7.40. The van der Waals surface area contributed by atoms with E-state index in [1.807, 2.05) is 62.5 Å². The first-order chi connectivity index (χ1) is 12.0. The van der Waals surface area contributed by atoms with Gasteiger partial charge in [-0.3, -0.25) is 0 Å². The Balaban J connectivity index is 1.68. The summed E-state index contributed by atoms with van der Waals surface area (Å²) in [5, 5.41) is 6.16. The summed E-state index contributed by atoms with van der Waals surface area (Å²) in [7, 11) is 0. The molecule has 3 aromatic rings. The summed E-state index contributed by atoms with van der Waals surface area (Å²) in [5.74, 6) is 0.943. The van der Waals surface area contributed by atoms with Crippen LogP contribution in [0, 0.1) is 13.8 Å². The van der Waals surface area contributed by atoms with Crippen molar-refractivity contribution >= 4 is 29.0 Å². The van der Waals surface area contributed by atoms with Crippen molar-refractivity contribution in [2.75, 3.05) is 10.6 Å². The van der Waals surface area contributed by atoms with E-state index in [2.05, 4.69) is 20.2 Å². The monoisotopic (exact) mass is 354 g/mol. The van der Waals surface area contributed by atoms with Gasteiger partial charge in [0.25, 0.3) is 0 Å². The van der Waals surface area contributed by atoms with Gasteiger partial charge in [-0.2, -0.15) is 0 Å². The minimum atomic E-state index is -0.309. The molecule has 0 aliphatic rings. The smallest absolute Gasteiger partial charge is 0.323 e. The number of carbonyl (C=O) groups excluding carboxylic acids is 1. The van der Waals surface area contributed by atoms with Gasteiger partial charge in [-0.15, -0.1) is 0 Å². The summed E-state index contributed by atoms with van der Waals surface area (Å²) in [5.41, 5.74) is 3.42. The Bertz CT molecular complexity index is 870. The lowest BCUT2D eigenvalue weighted by molar-refractivity contribution is 0.262. The van der Waals surface area contributed by atoms with Crippen LogP contribution in [0.5, 0.6) is 0 Å². The van der Waals surface area contributed by atoms with Crippen LogP contribution in [-0.4, -0.2) is 15.6 Å². The summed E-state index contributed by atoms with van der Waals surface area (Å²) in [6.07, 6.45) is 1.84. The Morgan fingerprint density at radius 2 is 1.80 bits per heavy atom. The highest BCUT2D eigenvalue weighted by atomic mass is 35.5. The number of amides is 2. The zero-order valence-corrected chi connectivity index (χ0v) is 14.8. The third-order valence-electron chi connectivity index (χ3n) is 3.93. The van der Waals surface area contributed by atoms with E-state index in [0.717, 1.165) is 22.8 Å². The van der Waals surface area contributed by atoms with Gasteiger partial charge in [0.15, 0.2) is 0 Å². The van der Waals surface area contributed by atoms with Gasteiger partial charge in [0.2, 0.25) is 0 Å². The van der Waals surface area contributed by atoms with Crippen molar-refractivity contribution in [3.8, 4) is 0 Å². The van der Waals surface area contributed by atoms with Gasteiger partial charge in [-0.25, -0.2) is 9.78 Å². The molecule has 0 bridgehead atoms. The molecule has 2 N–H and O–H groups in total. The molecule has 0 aliphatic carbocycles. The molecule has 0 atom stereocenters. The van der Waals surface area contributed by atoms with Gasteiger partial charge in [0.05, 0.1) is 6.54 Å². The average molecular weight is 355 g/mol. The molecule has 0 radical (unpaired) electrons. The summed E-state index contributed by atoms with van der Waals surface area (Å²) in [6.45, 7) is 4.62. The number of carbonyl (C=O) groups is 1. The molecule has 128 valence electrons. The van der Waals surface area contributed by atoms with Gasteiger partial charge >= 0.3 is 6.03 Å². The van der Waals surface area contributed by atoms with Crippen LogP contribution in [0.1, 0.15) is 17.1 Å². The van der Waals surface area contributed by atoms with Crippen molar-refractivity contribution in [3.05, 3.63) is 76.8 Å². The first-order valence-electron chi connectivity index (χ1n) is 7.93. The van der Waals surface area contributed by atoms with Crippen LogP contribution in [0.4, 0.5) is 16.2 Å². The molecule has 0 fully saturated rings. The summed E-state index contributed by atoms with van der Waals surface area (Å²) in [6, 6.07) is 14.5. The van der Waals surface area contributed by atoms with Crippen LogP contribution < -0.4 is 10.6 Å². The minimum Gasteiger partial charge on any atom is -0.328 e. The van der Waals surface area contributed by atoms with Crippen molar-refractivity contribution in [1.29, 1.82) is 0 Å². The highest BCUT2D eigenvalue weighted by Crippen LogP contribution is 2.23. The fraction of sp³-hybridized carbons (Fsp3) is 0.158. The van der Waals surface area contributed by atoms with E-state index >= 15 is 0 Å². The molecule has 5 nitrogen and oxygen atoms in total. The van der Waals surface area contributed by atoms with E-state index in [0.29, 0.717) is 17.3 Å². The molecule has 0 unspecified atom stereocenters. The molecule has 3 rings (SSSR count). The molecule has 0 aliphatic heterocycles. The summed E-state index contributed by atoms with van der Waals surface area (Å²) in [4.78, 5) is 16.3. The molecular weight excluding hydrogens is 336 g/mol. The van der Waals surface area contributed by atoms with Crippen LogP contribution in [0.3, 0.4) is 0 Å². The minimum absolute atomic E-state index is 0.309. The number of hydrogen-bond donors (Lipinski definition) is 2. The predicted molar refractivity (Wildman–Crippen MR) is 101 cm³/mol. The maximum absolute atomic E-state index is 12.0. The Labute approximate surface area is 151 Å². The Kier molecular flexibility index (Phi) is 5.05. The van der Waals surface area contributed by atoms with Crippen molar-refractivity contribution in [3.63, 3.8) is 0 Å². The number of aromatic nitrogens is 2. The fourth-order valence-corrected chi connectivity index (χ4v) is 2.80. The lowest BCUT2D eigenvalue weighted by atomic mass is 10.2. The molecule has 0 spiro atoms. The van der Waals surface area contributed by atoms with Gasteiger partial charge in [-0.05, 0) is 43.7 Å². The van der Waals surface area contributed by atoms with E-state index in [9.17, 15) is 4.79 Å². The Morgan fingerprint density at radius 3 is 2.44 bits per heavy atom. The standard InChI is InChI=1S/C19H19ClN4O/c1-13-11-21-14(2)24(13)12-15-8-9-17(10-18(15)20)23-19(25)22-16-6-4-3-5-7-16/h3-11H,12H2,1-2H3,(H2,22,23,25). The van der Waals surface area contributed by atoms with E-state index in [-0.39, 0.29) is 6.03 Å². The maximum atomic E-state index is 12.0. The molecule has 2 amide bonds. The number of benzene rings is 2. The van der Waals surface area contributed by atoms with Gasteiger partial charge < -0.3 is 15.2 Å². The van der Waals surface area contributed by atoms with Gasteiger partial charge in [0, 0.05) is 28.3 Å². The summed E-state index contributed by atoms with van der Waals surface area (Å²) >= 11 is 6.39. The number of urea groups is 1. The van der Waals surface area contributed by atoms with Crippen LogP contribution in [0.25, 0.3) is 0 Å². The normalized spacial score (nSPS) is 10.5. The molecular formula is C19H19ClN4O. The number of anilines is 2. The molecule has 0 saturated heterocycles. The largest absolute Gasteiger partial charge is 0.328 e. The van der Waals surface area contributed by atoms with Crippen LogP contribution in [0.2, 0.25) is 5.02 Å². The zero-order chi connectivity index (χ0) is 17.8. The van der Waals surface area contributed by atoms with Crippen molar-refractivity contribution in [2.45, 2.75) is 20.4 Å². The van der Waals surface area contributed by atoms with E-state index in [4.69, 9.17) is 11.6 Å².